The van der Waals surface area contributed by atoms with Crippen LogP contribution in [0.5, 0.6) is 0 Å². The van der Waals surface area contributed by atoms with Gasteiger partial charge in [-0.25, -0.2) is 0 Å². The number of aliphatic carboxylic acids is 1. The number of carbonyl (C=O) groups is 1. The molecule has 1 aliphatic carbocycles. The highest BCUT2D eigenvalue weighted by molar-refractivity contribution is 5.72. The maximum absolute atomic E-state index is 10.4. The first kappa shape index (κ1) is 8.53. The second-order valence-corrected chi connectivity index (χ2v) is 3.21. The van der Waals surface area contributed by atoms with Crippen molar-refractivity contribution in [3.05, 3.63) is 0 Å². The van der Waals surface area contributed by atoms with Crippen LogP contribution in [0, 0.1) is 0 Å². The molecule has 0 aromatic heterocycles. The summed E-state index contributed by atoms with van der Waals surface area (Å²) in [6, 6.07) is 0.0548. The van der Waals surface area contributed by atoms with Crippen molar-refractivity contribution in [2.75, 3.05) is 0 Å². The first-order chi connectivity index (χ1) is 5.20. The summed E-state index contributed by atoms with van der Waals surface area (Å²) in [6.45, 7) is 1.70. The van der Waals surface area contributed by atoms with Gasteiger partial charge in [-0.2, -0.15) is 0 Å². The molecule has 1 fully saturated rings. The first-order valence-corrected chi connectivity index (χ1v) is 4.19. The van der Waals surface area contributed by atoms with Gasteiger partial charge in [0.15, 0.2) is 0 Å². The second-order valence-electron chi connectivity index (χ2n) is 3.21. The van der Waals surface area contributed by atoms with Gasteiger partial charge >= 0.3 is 5.97 Å². The smallest absolute Gasteiger partial charge is 0.320 e. The average molecular weight is 157 g/mol. The molecule has 3 heteroatoms. The van der Waals surface area contributed by atoms with Crippen LogP contribution < -0.4 is 5.32 Å². The average Bonchev–Trinajstić information content (AvgIpc) is 2.39. The zero-order valence-corrected chi connectivity index (χ0v) is 6.84. The van der Waals surface area contributed by atoms with E-state index in [1.807, 2.05) is 0 Å². The van der Waals surface area contributed by atoms with Crippen molar-refractivity contribution < 1.29 is 9.90 Å². The largest absolute Gasteiger partial charge is 0.480 e. The third-order valence-electron chi connectivity index (χ3n) is 2.21. The minimum Gasteiger partial charge on any atom is -0.480 e. The van der Waals surface area contributed by atoms with Gasteiger partial charge in [0, 0.05) is 6.04 Å². The van der Waals surface area contributed by atoms with E-state index in [4.69, 9.17) is 5.11 Å². The lowest BCUT2D eigenvalue weighted by molar-refractivity contribution is -0.139. The molecule has 0 unspecified atom stereocenters. The van der Waals surface area contributed by atoms with Gasteiger partial charge in [0.25, 0.3) is 0 Å². The molecule has 11 heavy (non-hydrogen) atoms. The van der Waals surface area contributed by atoms with Crippen molar-refractivity contribution in [1.82, 2.24) is 5.32 Å². The van der Waals surface area contributed by atoms with Crippen LogP contribution in [0.2, 0.25) is 0 Å². The predicted molar refractivity (Wildman–Crippen MR) is 42.5 cm³/mol. The van der Waals surface area contributed by atoms with Crippen molar-refractivity contribution in [3.8, 4) is 0 Å². The molecule has 0 aliphatic heterocycles. The Morgan fingerprint density at radius 1 is 1.55 bits per heavy atom. The molecule has 2 N–H and O–H groups in total. The van der Waals surface area contributed by atoms with Crippen LogP contribution in [0.1, 0.15) is 32.6 Å². The van der Waals surface area contributed by atoms with Crippen molar-refractivity contribution >= 4 is 5.97 Å². The Kier molecular flexibility index (Phi) is 2.88. The van der Waals surface area contributed by atoms with Crippen LogP contribution in [-0.2, 0) is 4.79 Å². The third-order valence-corrected chi connectivity index (χ3v) is 2.21. The van der Waals surface area contributed by atoms with E-state index in [2.05, 4.69) is 5.32 Å². The van der Waals surface area contributed by atoms with Crippen LogP contribution in [0.3, 0.4) is 0 Å². The molecule has 0 bridgehead atoms. The molecule has 0 aromatic rings. The van der Waals surface area contributed by atoms with Crippen molar-refractivity contribution in [3.63, 3.8) is 0 Å². The number of carboxylic acid groups (broad SMARTS) is 1. The summed E-state index contributed by atoms with van der Waals surface area (Å²) in [5.74, 6) is -0.753. The Morgan fingerprint density at radius 3 is 2.55 bits per heavy atom. The van der Waals surface area contributed by atoms with Gasteiger partial charge in [0.1, 0.15) is 6.04 Å². The van der Waals surface area contributed by atoms with Crippen molar-refractivity contribution in [2.24, 2.45) is 0 Å². The third kappa shape index (κ3) is 2.50. The zero-order chi connectivity index (χ0) is 8.27. The monoisotopic (exact) mass is 157 g/mol. The number of nitrogens with one attached hydrogen (secondary N) is 1. The van der Waals surface area contributed by atoms with E-state index in [1.54, 1.807) is 6.92 Å². The maximum Gasteiger partial charge on any atom is 0.320 e. The predicted octanol–water partition coefficient (Wildman–Crippen LogP) is 0.992. The summed E-state index contributed by atoms with van der Waals surface area (Å²) in [4.78, 5) is 10.4. The van der Waals surface area contributed by atoms with Gasteiger partial charge in [0.05, 0.1) is 0 Å². The second kappa shape index (κ2) is 3.72. The van der Waals surface area contributed by atoms with Gasteiger partial charge < -0.3 is 10.4 Å². The molecule has 1 aliphatic rings. The highest BCUT2D eigenvalue weighted by Crippen LogP contribution is 2.17. The van der Waals surface area contributed by atoms with Gasteiger partial charge in [-0.1, -0.05) is 12.8 Å². The Morgan fingerprint density at radius 2 is 2.09 bits per heavy atom. The molecular weight excluding hydrogens is 142 g/mol. The molecule has 0 spiro atoms. The normalized spacial score (nSPS) is 21.9. The van der Waals surface area contributed by atoms with Crippen LogP contribution in [0.15, 0.2) is 0 Å². The summed E-state index contributed by atoms with van der Waals surface area (Å²) in [7, 11) is 0. The number of rotatable bonds is 3. The number of hydrogen-bond donors (Lipinski definition) is 2. The van der Waals surface area contributed by atoms with E-state index in [9.17, 15) is 4.79 Å². The quantitative estimate of drug-likeness (QED) is 0.642. The zero-order valence-electron chi connectivity index (χ0n) is 6.84. The topological polar surface area (TPSA) is 49.3 Å². The van der Waals surface area contributed by atoms with Crippen LogP contribution in [0.4, 0.5) is 0 Å². The Hall–Kier alpha value is -0.570. The Labute approximate surface area is 66.8 Å². The lowest BCUT2D eigenvalue weighted by Crippen LogP contribution is -2.39. The lowest BCUT2D eigenvalue weighted by Gasteiger charge is -2.14. The molecule has 0 radical (unpaired) electrons. The fraction of sp³-hybridized carbons (Fsp3) is 0.875. The van der Waals surface area contributed by atoms with Crippen molar-refractivity contribution in [1.29, 1.82) is 0 Å². The molecule has 0 heterocycles. The molecule has 0 amide bonds. The Bertz CT molecular complexity index is 141. The number of hydrogen-bond acceptors (Lipinski definition) is 2. The van der Waals surface area contributed by atoms with E-state index in [-0.39, 0.29) is 0 Å². The molecule has 0 aromatic carbocycles. The van der Waals surface area contributed by atoms with Gasteiger partial charge in [0.2, 0.25) is 0 Å². The molecule has 1 saturated carbocycles. The van der Waals surface area contributed by atoms with E-state index in [0.29, 0.717) is 6.04 Å². The maximum atomic E-state index is 10.4. The highest BCUT2D eigenvalue weighted by atomic mass is 16.4. The Balaban J connectivity index is 2.23. The summed E-state index contributed by atoms with van der Waals surface area (Å²) >= 11 is 0. The van der Waals surface area contributed by atoms with Crippen LogP contribution in [-0.4, -0.2) is 23.2 Å². The van der Waals surface area contributed by atoms with E-state index >= 15 is 0 Å². The molecule has 1 rings (SSSR count). The summed E-state index contributed by atoms with van der Waals surface area (Å²) in [5.41, 5.74) is 0. The van der Waals surface area contributed by atoms with E-state index < -0.39 is 12.0 Å². The van der Waals surface area contributed by atoms with Gasteiger partial charge in [-0.3, -0.25) is 4.79 Å². The molecule has 3 nitrogen and oxygen atoms in total. The first-order valence-electron chi connectivity index (χ1n) is 4.19. The standard InChI is InChI=1S/C8H15NO2/c1-6(8(10)11)9-7-4-2-3-5-7/h6-7,9H,2-5H2,1H3,(H,10,11)/t6-/m1/s1. The molecule has 0 saturated heterocycles. The van der Waals surface area contributed by atoms with Crippen LogP contribution in [0.25, 0.3) is 0 Å². The minimum absolute atomic E-state index is 0.391. The van der Waals surface area contributed by atoms with Crippen molar-refractivity contribution in [2.45, 2.75) is 44.7 Å². The summed E-state index contributed by atoms with van der Waals surface area (Å²) < 4.78 is 0. The summed E-state index contributed by atoms with van der Waals surface area (Å²) in [5, 5.41) is 11.7. The lowest BCUT2D eigenvalue weighted by atomic mass is 10.2. The molecule has 1 atom stereocenters. The van der Waals surface area contributed by atoms with Crippen LogP contribution >= 0.6 is 0 Å². The summed E-state index contributed by atoms with van der Waals surface area (Å²) in [6.07, 6.45) is 4.75. The fourth-order valence-electron chi connectivity index (χ4n) is 1.52. The SMILES string of the molecule is C[C@@H](NC1CCCC1)C(=O)O. The highest BCUT2D eigenvalue weighted by Gasteiger charge is 2.19. The fourth-order valence-corrected chi connectivity index (χ4v) is 1.52. The number of carboxylic acids is 1. The van der Waals surface area contributed by atoms with Gasteiger partial charge in [-0.15, -0.1) is 0 Å². The van der Waals surface area contributed by atoms with E-state index in [1.165, 1.54) is 12.8 Å². The molecule has 64 valence electrons. The van der Waals surface area contributed by atoms with E-state index in [0.717, 1.165) is 12.8 Å². The minimum atomic E-state index is -0.753. The van der Waals surface area contributed by atoms with Gasteiger partial charge in [-0.05, 0) is 19.8 Å². The molecular formula is C8H15NO2.